The normalized spacial score (nSPS) is 10.4. The molecule has 4 heteroatoms. The second-order valence-corrected chi connectivity index (χ2v) is 4.31. The van der Waals surface area contributed by atoms with Gasteiger partial charge in [0.05, 0.1) is 9.99 Å². The largest absolute Gasteiger partial charge is 0.298 e. The van der Waals surface area contributed by atoms with Crippen molar-refractivity contribution in [1.29, 1.82) is 0 Å². The van der Waals surface area contributed by atoms with E-state index < -0.39 is 0 Å². The van der Waals surface area contributed by atoms with E-state index >= 15 is 0 Å². The number of fused-ring (bicyclic) bond motifs is 1. The molecule has 1 heterocycles. The first-order valence-corrected chi connectivity index (χ1v) is 5.51. The van der Waals surface area contributed by atoms with Gasteiger partial charge in [0.1, 0.15) is 4.60 Å². The predicted octanol–water partition coefficient (Wildman–Crippen LogP) is 3.57. The fourth-order valence-electron chi connectivity index (χ4n) is 1.30. The van der Waals surface area contributed by atoms with Crippen LogP contribution in [0.25, 0.3) is 10.9 Å². The number of hydrogen-bond donors (Lipinski definition) is 0. The third kappa shape index (κ3) is 1.48. The Morgan fingerprint density at radius 1 is 1.21 bits per heavy atom. The molecule has 0 amide bonds. The Morgan fingerprint density at radius 3 is 2.64 bits per heavy atom. The third-order valence-corrected chi connectivity index (χ3v) is 3.86. The Bertz CT molecular complexity index is 511. The number of aldehydes is 1. The topological polar surface area (TPSA) is 30.0 Å². The lowest BCUT2D eigenvalue weighted by molar-refractivity contribution is 0.112. The van der Waals surface area contributed by atoms with Gasteiger partial charge >= 0.3 is 0 Å². The zero-order valence-corrected chi connectivity index (χ0v) is 10.2. The molecule has 0 atom stereocenters. The number of para-hydroxylation sites is 1. The van der Waals surface area contributed by atoms with E-state index in [1.165, 1.54) is 0 Å². The molecule has 0 fully saturated rings. The number of hydrogen-bond acceptors (Lipinski definition) is 2. The molecule has 0 spiro atoms. The Kier molecular flexibility index (Phi) is 2.65. The van der Waals surface area contributed by atoms with Gasteiger partial charge in [-0.2, -0.15) is 0 Å². The summed E-state index contributed by atoms with van der Waals surface area (Å²) in [5, 5.41) is 0.859. The molecule has 1 aromatic heterocycles. The molecular formula is C10H5Br2NO. The van der Waals surface area contributed by atoms with Gasteiger partial charge in [-0.15, -0.1) is 0 Å². The second kappa shape index (κ2) is 3.79. The standard InChI is InChI=1S/C10H5Br2NO/c11-9-7(5-14)6-3-1-2-4-8(6)13-10(9)12/h1-5H. The summed E-state index contributed by atoms with van der Waals surface area (Å²) in [7, 11) is 0. The minimum Gasteiger partial charge on any atom is -0.298 e. The van der Waals surface area contributed by atoms with Gasteiger partial charge in [0, 0.05) is 10.9 Å². The van der Waals surface area contributed by atoms with Gasteiger partial charge in [-0.1, -0.05) is 18.2 Å². The van der Waals surface area contributed by atoms with E-state index in [2.05, 4.69) is 36.8 Å². The molecule has 0 aliphatic heterocycles. The van der Waals surface area contributed by atoms with Crippen molar-refractivity contribution in [3.05, 3.63) is 38.9 Å². The van der Waals surface area contributed by atoms with Crippen LogP contribution < -0.4 is 0 Å². The number of nitrogens with zero attached hydrogens (tertiary/aromatic N) is 1. The van der Waals surface area contributed by atoms with Gasteiger partial charge in [-0.05, 0) is 37.9 Å². The summed E-state index contributed by atoms with van der Waals surface area (Å²) < 4.78 is 1.35. The highest BCUT2D eigenvalue weighted by Gasteiger charge is 2.09. The van der Waals surface area contributed by atoms with Crippen LogP contribution in [0.2, 0.25) is 0 Å². The molecular weight excluding hydrogens is 310 g/mol. The maximum absolute atomic E-state index is 10.9. The summed E-state index contributed by atoms with van der Waals surface area (Å²) in [6.07, 6.45) is 0.832. The maximum Gasteiger partial charge on any atom is 0.151 e. The van der Waals surface area contributed by atoms with Gasteiger partial charge in [-0.3, -0.25) is 4.79 Å². The highest BCUT2D eigenvalue weighted by molar-refractivity contribution is 9.13. The van der Waals surface area contributed by atoms with E-state index in [4.69, 9.17) is 0 Å². The van der Waals surface area contributed by atoms with Crippen molar-refractivity contribution in [2.75, 3.05) is 0 Å². The minimum atomic E-state index is 0.627. The zero-order valence-electron chi connectivity index (χ0n) is 7.00. The predicted molar refractivity (Wildman–Crippen MR) is 62.5 cm³/mol. The van der Waals surface area contributed by atoms with E-state index in [0.717, 1.165) is 17.2 Å². The fraction of sp³-hybridized carbons (Fsp3) is 0. The SMILES string of the molecule is O=Cc1c(Br)c(Br)nc2ccccc12. The zero-order chi connectivity index (χ0) is 10.1. The van der Waals surface area contributed by atoms with Crippen LogP contribution in [-0.4, -0.2) is 11.3 Å². The number of benzene rings is 1. The number of halogens is 2. The van der Waals surface area contributed by atoms with Crippen molar-refractivity contribution in [3.63, 3.8) is 0 Å². The highest BCUT2D eigenvalue weighted by atomic mass is 79.9. The maximum atomic E-state index is 10.9. The van der Waals surface area contributed by atoms with E-state index in [-0.39, 0.29) is 0 Å². The average Bonchev–Trinajstić information content (AvgIpc) is 2.20. The Balaban J connectivity index is 2.96. The molecule has 0 saturated heterocycles. The molecule has 2 nitrogen and oxygen atoms in total. The lowest BCUT2D eigenvalue weighted by Gasteiger charge is -2.04. The first kappa shape index (κ1) is 9.80. The molecule has 70 valence electrons. The van der Waals surface area contributed by atoms with E-state index in [1.807, 2.05) is 24.3 Å². The minimum absolute atomic E-state index is 0.627. The van der Waals surface area contributed by atoms with Crippen LogP contribution in [-0.2, 0) is 0 Å². The molecule has 0 unspecified atom stereocenters. The van der Waals surface area contributed by atoms with Gasteiger partial charge < -0.3 is 0 Å². The van der Waals surface area contributed by atoms with Crippen LogP contribution in [0.5, 0.6) is 0 Å². The van der Waals surface area contributed by atoms with Gasteiger partial charge in [0.15, 0.2) is 6.29 Å². The number of carbonyl (C=O) groups excluding carboxylic acids is 1. The summed E-state index contributed by atoms with van der Waals surface area (Å²) in [6.45, 7) is 0. The number of rotatable bonds is 1. The van der Waals surface area contributed by atoms with Crippen LogP contribution in [0.3, 0.4) is 0 Å². The molecule has 2 rings (SSSR count). The second-order valence-electron chi connectivity index (χ2n) is 2.77. The molecule has 0 bridgehead atoms. The van der Waals surface area contributed by atoms with E-state index in [1.54, 1.807) is 0 Å². The summed E-state index contributed by atoms with van der Waals surface area (Å²) in [4.78, 5) is 15.2. The molecule has 0 N–H and O–H groups in total. The van der Waals surface area contributed by atoms with Gasteiger partial charge in [0.2, 0.25) is 0 Å². The molecule has 14 heavy (non-hydrogen) atoms. The first-order valence-electron chi connectivity index (χ1n) is 3.93. The summed E-state index contributed by atoms with van der Waals surface area (Å²) in [5.74, 6) is 0. The Morgan fingerprint density at radius 2 is 1.93 bits per heavy atom. The van der Waals surface area contributed by atoms with Crippen LogP contribution in [0.15, 0.2) is 33.3 Å². The van der Waals surface area contributed by atoms with Gasteiger partial charge in [0.25, 0.3) is 0 Å². The summed E-state index contributed by atoms with van der Waals surface area (Å²) in [6, 6.07) is 7.53. The van der Waals surface area contributed by atoms with Crippen molar-refractivity contribution < 1.29 is 4.79 Å². The monoisotopic (exact) mass is 313 g/mol. The molecule has 2 aromatic rings. The molecule has 0 aliphatic carbocycles. The molecule has 0 saturated carbocycles. The molecule has 0 radical (unpaired) electrons. The van der Waals surface area contributed by atoms with E-state index in [0.29, 0.717) is 14.6 Å². The summed E-state index contributed by atoms with van der Waals surface area (Å²) >= 11 is 6.61. The van der Waals surface area contributed by atoms with Crippen molar-refractivity contribution in [3.8, 4) is 0 Å². The van der Waals surface area contributed by atoms with Crippen LogP contribution in [0.1, 0.15) is 10.4 Å². The lowest BCUT2D eigenvalue weighted by atomic mass is 10.1. The average molecular weight is 315 g/mol. The quantitative estimate of drug-likeness (QED) is 0.595. The number of carbonyl (C=O) groups is 1. The number of pyridine rings is 1. The Labute approximate surface area is 97.6 Å². The van der Waals surface area contributed by atoms with E-state index in [9.17, 15) is 4.79 Å². The van der Waals surface area contributed by atoms with Crippen molar-refractivity contribution in [2.45, 2.75) is 0 Å². The lowest BCUT2D eigenvalue weighted by Crippen LogP contribution is -1.90. The van der Waals surface area contributed by atoms with Crippen LogP contribution in [0.4, 0.5) is 0 Å². The van der Waals surface area contributed by atoms with Gasteiger partial charge in [-0.25, -0.2) is 4.98 Å². The van der Waals surface area contributed by atoms with Crippen LogP contribution >= 0.6 is 31.9 Å². The van der Waals surface area contributed by atoms with Crippen molar-refractivity contribution in [2.24, 2.45) is 0 Å². The molecule has 1 aromatic carbocycles. The fourth-order valence-corrected chi connectivity index (χ4v) is 2.10. The highest BCUT2D eigenvalue weighted by Crippen LogP contribution is 2.29. The smallest absolute Gasteiger partial charge is 0.151 e. The third-order valence-electron chi connectivity index (χ3n) is 1.95. The Hall–Kier alpha value is -0.740. The van der Waals surface area contributed by atoms with Crippen molar-refractivity contribution >= 4 is 49.0 Å². The number of aromatic nitrogens is 1. The first-order chi connectivity index (χ1) is 6.74. The molecule has 0 aliphatic rings. The van der Waals surface area contributed by atoms with Crippen LogP contribution in [0, 0.1) is 0 Å². The summed E-state index contributed by atoms with van der Waals surface area (Å²) in [5.41, 5.74) is 1.44. The van der Waals surface area contributed by atoms with Crippen molar-refractivity contribution in [1.82, 2.24) is 4.98 Å².